The van der Waals surface area contributed by atoms with E-state index in [4.69, 9.17) is 9.15 Å². The fraction of sp³-hybridized carbons (Fsp3) is 0.538. The summed E-state index contributed by atoms with van der Waals surface area (Å²) >= 11 is 0. The number of nitrogens with zero attached hydrogens (tertiary/aromatic N) is 1. The van der Waals surface area contributed by atoms with Crippen LogP contribution in [0.25, 0.3) is 0 Å². The smallest absolute Gasteiger partial charge is 0.408 e. The number of ether oxygens (including phenoxy) is 2. The van der Waals surface area contributed by atoms with Crippen LogP contribution < -0.4 is 10.6 Å². The number of esters is 1. The minimum Gasteiger partial charge on any atom is -0.468 e. The molecule has 0 aliphatic heterocycles. The van der Waals surface area contributed by atoms with Gasteiger partial charge in [0.05, 0.1) is 13.7 Å². The van der Waals surface area contributed by atoms with Crippen LogP contribution >= 0.6 is 0 Å². The maximum atomic E-state index is 11.7. The van der Waals surface area contributed by atoms with Crippen molar-refractivity contribution in [3.63, 3.8) is 0 Å². The van der Waals surface area contributed by atoms with Crippen LogP contribution in [0.5, 0.6) is 0 Å². The number of oxazole rings is 1. The summed E-state index contributed by atoms with van der Waals surface area (Å²) < 4.78 is 14.5. The molecule has 0 unspecified atom stereocenters. The molecule has 1 heterocycles. The van der Waals surface area contributed by atoms with Crippen molar-refractivity contribution in [3.05, 3.63) is 17.8 Å². The Hall–Kier alpha value is -2.58. The van der Waals surface area contributed by atoms with E-state index in [1.54, 1.807) is 20.8 Å². The second-order valence-electron chi connectivity index (χ2n) is 5.24. The normalized spacial score (nSPS) is 10.7. The van der Waals surface area contributed by atoms with E-state index in [0.29, 0.717) is 0 Å². The zero-order chi connectivity index (χ0) is 16.8. The first-order chi connectivity index (χ1) is 10.2. The van der Waals surface area contributed by atoms with Crippen molar-refractivity contribution in [1.82, 2.24) is 15.6 Å². The van der Waals surface area contributed by atoms with Crippen LogP contribution in [0.15, 0.2) is 10.7 Å². The van der Waals surface area contributed by atoms with Crippen molar-refractivity contribution in [2.45, 2.75) is 32.9 Å². The molecule has 0 saturated carbocycles. The Balaban J connectivity index is 2.45. The van der Waals surface area contributed by atoms with Crippen molar-refractivity contribution in [2.24, 2.45) is 0 Å². The molecule has 0 spiro atoms. The quantitative estimate of drug-likeness (QED) is 0.764. The molecular weight excluding hydrogens is 294 g/mol. The number of alkyl carbamates (subject to hydrolysis) is 1. The number of carbonyl (C=O) groups is 3. The maximum Gasteiger partial charge on any atom is 0.408 e. The molecule has 0 fully saturated rings. The third-order valence-electron chi connectivity index (χ3n) is 2.19. The summed E-state index contributed by atoms with van der Waals surface area (Å²) in [5.41, 5.74) is -0.621. The molecule has 0 aromatic carbocycles. The number of methoxy groups -OCH3 is 1. The van der Waals surface area contributed by atoms with Gasteiger partial charge >= 0.3 is 12.1 Å². The van der Waals surface area contributed by atoms with Gasteiger partial charge in [-0.25, -0.2) is 9.78 Å². The molecule has 0 aliphatic rings. The summed E-state index contributed by atoms with van der Waals surface area (Å²) in [6.07, 6.45) is 0.501. The molecule has 1 aromatic rings. The van der Waals surface area contributed by atoms with Gasteiger partial charge in [-0.2, -0.15) is 0 Å². The van der Waals surface area contributed by atoms with Crippen molar-refractivity contribution < 1.29 is 28.3 Å². The molecule has 22 heavy (non-hydrogen) atoms. The van der Waals surface area contributed by atoms with Crippen LogP contribution in [0.4, 0.5) is 4.79 Å². The summed E-state index contributed by atoms with van der Waals surface area (Å²) in [5, 5.41) is 4.75. The third kappa shape index (κ3) is 6.25. The first-order valence-corrected chi connectivity index (χ1v) is 6.47. The monoisotopic (exact) mass is 313 g/mol. The molecule has 0 atom stereocenters. The predicted molar refractivity (Wildman–Crippen MR) is 73.9 cm³/mol. The fourth-order valence-electron chi connectivity index (χ4n) is 1.27. The summed E-state index contributed by atoms with van der Waals surface area (Å²) in [6, 6.07) is 0. The van der Waals surface area contributed by atoms with Gasteiger partial charge in [-0.15, -0.1) is 0 Å². The third-order valence-corrected chi connectivity index (χ3v) is 2.19. The molecule has 0 radical (unpaired) electrons. The Bertz CT molecular complexity index is 546. The van der Waals surface area contributed by atoms with Crippen LogP contribution in [-0.4, -0.2) is 42.2 Å². The second kappa shape index (κ2) is 7.43. The van der Waals surface area contributed by atoms with Crippen LogP contribution in [0.2, 0.25) is 0 Å². The molecule has 0 aliphatic carbocycles. The van der Waals surface area contributed by atoms with Crippen LogP contribution in [-0.2, 0) is 20.8 Å². The standard InChI is InChI=1S/C13H19N3O6/c1-13(2,3)22-12(19)15-5-9-16-8(7-21-9)11(18)14-6-10(17)20-4/h7H,5-6H2,1-4H3,(H,14,18)(H,15,19). The van der Waals surface area contributed by atoms with Gasteiger partial charge in [0.2, 0.25) is 5.89 Å². The average Bonchev–Trinajstić information content (AvgIpc) is 2.89. The number of nitrogens with one attached hydrogen (secondary N) is 2. The lowest BCUT2D eigenvalue weighted by atomic mass is 10.2. The van der Waals surface area contributed by atoms with E-state index in [1.807, 2.05) is 0 Å². The topological polar surface area (TPSA) is 120 Å². The lowest BCUT2D eigenvalue weighted by Gasteiger charge is -2.19. The summed E-state index contributed by atoms with van der Waals surface area (Å²) in [7, 11) is 1.21. The molecule has 1 aromatic heterocycles. The van der Waals surface area contributed by atoms with Crippen LogP contribution in [0.1, 0.15) is 37.2 Å². The van der Waals surface area contributed by atoms with E-state index in [0.717, 1.165) is 6.26 Å². The fourth-order valence-corrected chi connectivity index (χ4v) is 1.27. The predicted octanol–water partition coefficient (Wildman–Crippen LogP) is 0.602. The molecule has 9 nitrogen and oxygen atoms in total. The highest BCUT2D eigenvalue weighted by Crippen LogP contribution is 2.07. The van der Waals surface area contributed by atoms with Crippen LogP contribution in [0.3, 0.4) is 0 Å². The Kier molecular flexibility index (Phi) is 5.90. The summed E-state index contributed by atoms with van der Waals surface area (Å²) in [6.45, 7) is 4.91. The lowest BCUT2D eigenvalue weighted by Crippen LogP contribution is -2.32. The van der Waals surface area contributed by atoms with E-state index >= 15 is 0 Å². The molecule has 2 amide bonds. The van der Waals surface area contributed by atoms with E-state index in [1.165, 1.54) is 7.11 Å². The Morgan fingerprint density at radius 2 is 1.95 bits per heavy atom. The van der Waals surface area contributed by atoms with Crippen molar-refractivity contribution in [3.8, 4) is 0 Å². The van der Waals surface area contributed by atoms with Gasteiger partial charge in [0.25, 0.3) is 5.91 Å². The maximum absolute atomic E-state index is 11.7. The SMILES string of the molecule is COC(=O)CNC(=O)c1coc(CNC(=O)OC(C)(C)C)n1. The average molecular weight is 313 g/mol. The molecule has 0 saturated heterocycles. The first kappa shape index (κ1) is 17.5. The van der Waals surface area contributed by atoms with Gasteiger partial charge in [-0.05, 0) is 20.8 Å². The second-order valence-corrected chi connectivity index (χ2v) is 5.24. The molecule has 2 N–H and O–H groups in total. The van der Waals surface area contributed by atoms with Gasteiger partial charge < -0.3 is 24.5 Å². The minimum absolute atomic E-state index is 0.00936. The summed E-state index contributed by atoms with van der Waals surface area (Å²) in [4.78, 5) is 37.9. The molecule has 122 valence electrons. The zero-order valence-electron chi connectivity index (χ0n) is 12.9. The van der Waals surface area contributed by atoms with Gasteiger partial charge in [0, 0.05) is 0 Å². The highest BCUT2D eigenvalue weighted by Gasteiger charge is 2.17. The molecular formula is C13H19N3O6. The van der Waals surface area contributed by atoms with Crippen molar-refractivity contribution in [2.75, 3.05) is 13.7 Å². The summed E-state index contributed by atoms with van der Waals surface area (Å²) in [5.74, 6) is -1.03. The zero-order valence-corrected chi connectivity index (χ0v) is 12.9. The molecule has 1 rings (SSSR count). The van der Waals surface area contributed by atoms with E-state index in [-0.39, 0.29) is 24.7 Å². The lowest BCUT2D eigenvalue weighted by molar-refractivity contribution is -0.139. The first-order valence-electron chi connectivity index (χ1n) is 6.47. The van der Waals surface area contributed by atoms with Crippen LogP contribution in [0, 0.1) is 0 Å². The molecule has 9 heteroatoms. The largest absolute Gasteiger partial charge is 0.468 e. The van der Waals surface area contributed by atoms with Gasteiger partial charge in [-0.1, -0.05) is 0 Å². The number of rotatable bonds is 5. The van der Waals surface area contributed by atoms with Crippen molar-refractivity contribution in [1.29, 1.82) is 0 Å². The number of hydrogen-bond acceptors (Lipinski definition) is 7. The Morgan fingerprint density at radius 3 is 2.55 bits per heavy atom. The highest BCUT2D eigenvalue weighted by atomic mass is 16.6. The number of carbonyl (C=O) groups excluding carboxylic acids is 3. The van der Waals surface area contributed by atoms with Gasteiger partial charge in [0.15, 0.2) is 5.69 Å². The van der Waals surface area contributed by atoms with Gasteiger partial charge in [-0.3, -0.25) is 9.59 Å². The minimum atomic E-state index is -0.623. The van der Waals surface area contributed by atoms with E-state index in [2.05, 4.69) is 20.4 Å². The Morgan fingerprint density at radius 1 is 1.27 bits per heavy atom. The highest BCUT2D eigenvalue weighted by molar-refractivity contribution is 5.93. The van der Waals surface area contributed by atoms with E-state index in [9.17, 15) is 14.4 Å². The van der Waals surface area contributed by atoms with E-state index < -0.39 is 23.6 Å². The number of hydrogen-bond donors (Lipinski definition) is 2. The molecule has 0 bridgehead atoms. The van der Waals surface area contributed by atoms with Gasteiger partial charge in [0.1, 0.15) is 18.4 Å². The number of aromatic nitrogens is 1. The number of amides is 2. The Labute approximate surface area is 127 Å². The van der Waals surface area contributed by atoms with Crippen molar-refractivity contribution >= 4 is 18.0 Å².